The second-order valence-corrected chi connectivity index (χ2v) is 6.92. The summed E-state index contributed by atoms with van der Waals surface area (Å²) in [6.07, 6.45) is 3.25. The Hall–Kier alpha value is -3.52. The number of phenols is 2. The van der Waals surface area contributed by atoms with Crippen molar-refractivity contribution in [2.45, 2.75) is 10.8 Å². The van der Waals surface area contributed by atoms with Crippen LogP contribution in [0, 0.1) is 0 Å². The maximum absolute atomic E-state index is 12.1. The van der Waals surface area contributed by atoms with Crippen LogP contribution in [-0.2, 0) is 5.75 Å². The number of hydrogen-bond donors (Lipinski definition) is 3. The molecule has 0 aliphatic rings. The molecule has 0 saturated carbocycles. The standard InChI is InChI=1S/C21H19N3O4S/c1-28-19-8-5-14(10-15(19)13-29-20-4-2-3-9-22-20)12-23-24-21(27)17-7-6-16(25)11-18(17)26/h2-12,25-26H,13H2,1H3,(H,24,27). The van der Waals surface area contributed by atoms with Crippen molar-refractivity contribution >= 4 is 23.9 Å². The van der Waals surface area contributed by atoms with E-state index in [1.807, 2.05) is 36.4 Å². The molecule has 0 fully saturated rings. The summed E-state index contributed by atoms with van der Waals surface area (Å²) in [5, 5.41) is 23.9. The molecule has 0 aliphatic heterocycles. The number of hydrogen-bond acceptors (Lipinski definition) is 7. The van der Waals surface area contributed by atoms with E-state index in [0.717, 1.165) is 28.0 Å². The summed E-state index contributed by atoms with van der Waals surface area (Å²) < 4.78 is 5.42. The van der Waals surface area contributed by atoms with E-state index in [4.69, 9.17) is 4.74 Å². The van der Waals surface area contributed by atoms with Crippen molar-refractivity contribution in [2.75, 3.05) is 7.11 Å². The first-order valence-electron chi connectivity index (χ1n) is 8.63. The molecule has 1 heterocycles. The summed E-state index contributed by atoms with van der Waals surface area (Å²) >= 11 is 1.59. The van der Waals surface area contributed by atoms with Gasteiger partial charge in [-0.05, 0) is 48.0 Å². The van der Waals surface area contributed by atoms with Crippen molar-refractivity contribution in [3.05, 3.63) is 77.5 Å². The van der Waals surface area contributed by atoms with Gasteiger partial charge >= 0.3 is 0 Å². The number of rotatable bonds is 7. The van der Waals surface area contributed by atoms with E-state index < -0.39 is 5.91 Å². The number of pyridine rings is 1. The number of carbonyl (C=O) groups excluding carboxylic acids is 1. The summed E-state index contributed by atoms with van der Waals surface area (Å²) in [5.74, 6) is 0.380. The molecule has 1 amide bonds. The normalized spacial score (nSPS) is 10.8. The number of aromatic nitrogens is 1. The van der Waals surface area contributed by atoms with Crippen molar-refractivity contribution in [3.8, 4) is 17.2 Å². The van der Waals surface area contributed by atoms with Gasteiger partial charge in [0.05, 0.1) is 23.9 Å². The summed E-state index contributed by atoms with van der Waals surface area (Å²) in [5.41, 5.74) is 4.11. The van der Waals surface area contributed by atoms with E-state index in [1.165, 1.54) is 18.3 Å². The van der Waals surface area contributed by atoms with Crippen molar-refractivity contribution in [3.63, 3.8) is 0 Å². The fraction of sp³-hybridized carbons (Fsp3) is 0.0952. The predicted molar refractivity (Wildman–Crippen MR) is 112 cm³/mol. The molecule has 0 radical (unpaired) electrons. The van der Waals surface area contributed by atoms with Crippen LogP contribution >= 0.6 is 11.8 Å². The molecule has 8 heteroatoms. The number of nitrogens with zero attached hydrogens (tertiary/aromatic N) is 2. The van der Waals surface area contributed by atoms with Crippen LogP contribution in [-0.4, -0.2) is 34.4 Å². The molecule has 0 unspecified atom stereocenters. The fourth-order valence-electron chi connectivity index (χ4n) is 2.51. The van der Waals surface area contributed by atoms with Crippen molar-refractivity contribution < 1.29 is 19.7 Å². The molecular weight excluding hydrogens is 390 g/mol. The Morgan fingerprint density at radius 1 is 1.21 bits per heavy atom. The van der Waals surface area contributed by atoms with Gasteiger partial charge in [-0.3, -0.25) is 4.79 Å². The van der Waals surface area contributed by atoms with Gasteiger partial charge in [0.1, 0.15) is 17.2 Å². The molecule has 3 rings (SSSR count). The van der Waals surface area contributed by atoms with Gasteiger partial charge in [-0.25, -0.2) is 10.4 Å². The lowest BCUT2D eigenvalue weighted by atomic mass is 10.1. The quantitative estimate of drug-likeness (QED) is 0.313. The van der Waals surface area contributed by atoms with E-state index in [0.29, 0.717) is 5.75 Å². The Labute approximate surface area is 172 Å². The lowest BCUT2D eigenvalue weighted by molar-refractivity contribution is 0.0952. The number of hydrazone groups is 1. The number of aromatic hydroxyl groups is 2. The second-order valence-electron chi connectivity index (χ2n) is 5.93. The van der Waals surface area contributed by atoms with E-state index in [9.17, 15) is 15.0 Å². The van der Waals surface area contributed by atoms with Crippen LogP contribution in [0.25, 0.3) is 0 Å². The molecule has 7 nitrogen and oxygen atoms in total. The topological polar surface area (TPSA) is 104 Å². The lowest BCUT2D eigenvalue weighted by Gasteiger charge is -2.09. The fourth-order valence-corrected chi connectivity index (χ4v) is 3.35. The highest BCUT2D eigenvalue weighted by molar-refractivity contribution is 7.98. The first-order valence-corrected chi connectivity index (χ1v) is 9.61. The van der Waals surface area contributed by atoms with Gasteiger partial charge in [-0.1, -0.05) is 6.07 Å². The maximum atomic E-state index is 12.1. The van der Waals surface area contributed by atoms with Crippen LogP contribution in [0.4, 0.5) is 0 Å². The van der Waals surface area contributed by atoms with Gasteiger partial charge < -0.3 is 14.9 Å². The van der Waals surface area contributed by atoms with Crippen molar-refractivity contribution in [1.29, 1.82) is 0 Å². The Balaban J connectivity index is 1.67. The molecule has 0 atom stereocenters. The number of ether oxygens (including phenoxy) is 1. The predicted octanol–water partition coefficient (Wildman–Crippen LogP) is 3.56. The van der Waals surface area contributed by atoms with Gasteiger partial charge in [0, 0.05) is 23.6 Å². The number of carbonyl (C=O) groups is 1. The molecular formula is C21H19N3O4S. The van der Waals surface area contributed by atoms with Crippen molar-refractivity contribution in [1.82, 2.24) is 10.4 Å². The molecule has 0 bridgehead atoms. The van der Waals surface area contributed by atoms with Crippen LogP contribution in [0.15, 0.2) is 70.9 Å². The van der Waals surface area contributed by atoms with Crippen LogP contribution in [0.5, 0.6) is 17.2 Å². The molecule has 0 spiro atoms. The van der Waals surface area contributed by atoms with Gasteiger partial charge in [-0.15, -0.1) is 11.8 Å². The molecule has 3 N–H and O–H groups in total. The van der Waals surface area contributed by atoms with Gasteiger partial charge in [0.2, 0.25) is 0 Å². The first kappa shape index (κ1) is 20.2. The Morgan fingerprint density at radius 2 is 2.07 bits per heavy atom. The number of benzene rings is 2. The third-order valence-electron chi connectivity index (χ3n) is 3.92. The third kappa shape index (κ3) is 5.49. The molecule has 1 aromatic heterocycles. The second kappa shape index (κ2) is 9.61. The largest absolute Gasteiger partial charge is 0.508 e. The first-order chi connectivity index (χ1) is 14.1. The molecule has 0 saturated heterocycles. The van der Waals surface area contributed by atoms with E-state index in [-0.39, 0.29) is 17.1 Å². The Morgan fingerprint density at radius 3 is 2.79 bits per heavy atom. The molecule has 148 valence electrons. The minimum absolute atomic E-state index is 0.0159. The number of methoxy groups -OCH3 is 1. The molecule has 3 aromatic rings. The van der Waals surface area contributed by atoms with Gasteiger partial charge in [0.15, 0.2) is 0 Å². The zero-order chi connectivity index (χ0) is 20.6. The van der Waals surface area contributed by atoms with Crippen LogP contribution in [0.1, 0.15) is 21.5 Å². The van der Waals surface area contributed by atoms with Crippen LogP contribution in [0.3, 0.4) is 0 Å². The van der Waals surface area contributed by atoms with Gasteiger partial charge in [-0.2, -0.15) is 5.10 Å². The number of amides is 1. The molecule has 2 aromatic carbocycles. The monoisotopic (exact) mass is 409 g/mol. The average molecular weight is 409 g/mol. The molecule has 0 aliphatic carbocycles. The summed E-state index contributed by atoms with van der Waals surface area (Å²) in [7, 11) is 1.61. The Bertz CT molecular complexity index is 1030. The van der Waals surface area contributed by atoms with E-state index >= 15 is 0 Å². The van der Waals surface area contributed by atoms with E-state index in [2.05, 4.69) is 15.5 Å². The highest BCUT2D eigenvalue weighted by atomic mass is 32.2. The average Bonchev–Trinajstić information content (AvgIpc) is 2.73. The van der Waals surface area contributed by atoms with Gasteiger partial charge in [0.25, 0.3) is 5.91 Å². The van der Waals surface area contributed by atoms with E-state index in [1.54, 1.807) is 25.1 Å². The minimum atomic E-state index is -0.585. The summed E-state index contributed by atoms with van der Waals surface area (Å²) in [4.78, 5) is 16.4. The summed E-state index contributed by atoms with van der Waals surface area (Å²) in [6.45, 7) is 0. The third-order valence-corrected chi connectivity index (χ3v) is 4.92. The zero-order valence-corrected chi connectivity index (χ0v) is 16.4. The van der Waals surface area contributed by atoms with Crippen LogP contribution in [0.2, 0.25) is 0 Å². The Kier molecular flexibility index (Phi) is 6.70. The smallest absolute Gasteiger partial charge is 0.275 e. The number of thioether (sulfide) groups is 1. The van der Waals surface area contributed by atoms with Crippen molar-refractivity contribution in [2.24, 2.45) is 5.10 Å². The SMILES string of the molecule is COc1ccc(C=NNC(=O)c2ccc(O)cc2O)cc1CSc1ccccn1. The lowest BCUT2D eigenvalue weighted by Crippen LogP contribution is -2.17. The maximum Gasteiger partial charge on any atom is 0.275 e. The minimum Gasteiger partial charge on any atom is -0.508 e. The zero-order valence-electron chi connectivity index (χ0n) is 15.6. The molecule has 29 heavy (non-hydrogen) atoms. The number of phenolic OH excluding ortho intramolecular Hbond substituents is 2. The highest BCUT2D eigenvalue weighted by Crippen LogP contribution is 2.27. The number of nitrogens with one attached hydrogen (secondary N) is 1. The highest BCUT2D eigenvalue weighted by Gasteiger charge is 2.11. The van der Waals surface area contributed by atoms with Crippen LogP contribution < -0.4 is 10.2 Å². The summed E-state index contributed by atoms with van der Waals surface area (Å²) in [6, 6.07) is 15.0.